The van der Waals surface area contributed by atoms with Crippen LogP contribution in [0, 0.1) is 6.92 Å². The number of aryl methyl sites for hydroxylation is 1. The Kier molecular flexibility index (Phi) is 3.46. The van der Waals surface area contributed by atoms with Gasteiger partial charge in [0, 0.05) is 30.0 Å². The number of hydrogen-bond donors (Lipinski definition) is 1. The fourth-order valence-corrected chi connectivity index (χ4v) is 2.52. The maximum absolute atomic E-state index is 12.0. The van der Waals surface area contributed by atoms with Crippen molar-refractivity contribution < 1.29 is 9.21 Å². The lowest BCUT2D eigenvalue weighted by Gasteiger charge is -2.17. The number of furan rings is 1. The second kappa shape index (κ2) is 5.41. The van der Waals surface area contributed by atoms with Gasteiger partial charge in [0.1, 0.15) is 0 Å². The summed E-state index contributed by atoms with van der Waals surface area (Å²) in [5.74, 6) is 0.162. The van der Waals surface area contributed by atoms with Gasteiger partial charge < -0.3 is 14.6 Å². The number of anilines is 2. The maximum atomic E-state index is 12.0. The lowest BCUT2D eigenvalue weighted by molar-refractivity contribution is 0.0996. The summed E-state index contributed by atoms with van der Waals surface area (Å²) in [7, 11) is 0. The minimum absolute atomic E-state index is 0.207. The van der Waals surface area contributed by atoms with E-state index in [-0.39, 0.29) is 5.91 Å². The zero-order valence-corrected chi connectivity index (χ0v) is 11.6. The van der Waals surface area contributed by atoms with Crippen molar-refractivity contribution in [2.24, 2.45) is 0 Å². The molecule has 4 heteroatoms. The first kappa shape index (κ1) is 12.8. The zero-order chi connectivity index (χ0) is 13.9. The van der Waals surface area contributed by atoms with Crippen LogP contribution in [0.15, 0.2) is 41.0 Å². The molecule has 1 fully saturated rings. The third-order valence-corrected chi connectivity index (χ3v) is 3.66. The molecule has 1 aliphatic rings. The number of hydrogen-bond acceptors (Lipinski definition) is 3. The van der Waals surface area contributed by atoms with E-state index >= 15 is 0 Å². The molecule has 1 aliphatic heterocycles. The second-order valence-corrected chi connectivity index (χ2v) is 5.13. The highest BCUT2D eigenvalue weighted by molar-refractivity contribution is 6.03. The number of nitrogens with one attached hydrogen (secondary N) is 1. The summed E-state index contributed by atoms with van der Waals surface area (Å²) >= 11 is 0. The average Bonchev–Trinajstić information content (AvgIpc) is 3.10. The third kappa shape index (κ3) is 2.54. The largest absolute Gasteiger partial charge is 0.459 e. The number of rotatable bonds is 3. The van der Waals surface area contributed by atoms with Crippen LogP contribution >= 0.6 is 0 Å². The molecule has 0 aliphatic carbocycles. The van der Waals surface area contributed by atoms with E-state index in [0.29, 0.717) is 5.76 Å². The second-order valence-electron chi connectivity index (χ2n) is 5.13. The first-order valence-electron chi connectivity index (χ1n) is 6.94. The van der Waals surface area contributed by atoms with Crippen molar-refractivity contribution >= 4 is 17.3 Å². The van der Waals surface area contributed by atoms with Crippen LogP contribution in [0.1, 0.15) is 29.0 Å². The summed E-state index contributed by atoms with van der Waals surface area (Å²) in [5.41, 5.74) is 2.85. The predicted molar refractivity (Wildman–Crippen MR) is 79.3 cm³/mol. The Bertz CT molecular complexity index is 595. The van der Waals surface area contributed by atoms with Gasteiger partial charge in [-0.3, -0.25) is 4.79 Å². The van der Waals surface area contributed by atoms with Crippen molar-refractivity contribution in [3.05, 3.63) is 47.9 Å². The fourth-order valence-electron chi connectivity index (χ4n) is 2.52. The summed E-state index contributed by atoms with van der Waals surface area (Å²) < 4.78 is 5.18. The number of carbonyl (C=O) groups excluding carboxylic acids is 1. The Morgan fingerprint density at radius 2 is 1.85 bits per heavy atom. The van der Waals surface area contributed by atoms with Gasteiger partial charge in [0.15, 0.2) is 5.76 Å². The van der Waals surface area contributed by atoms with Crippen LogP contribution < -0.4 is 10.2 Å². The van der Waals surface area contributed by atoms with Gasteiger partial charge in [0.25, 0.3) is 5.91 Å². The van der Waals surface area contributed by atoms with Crippen molar-refractivity contribution in [1.82, 2.24) is 0 Å². The molecule has 0 bridgehead atoms. The molecule has 1 saturated heterocycles. The highest BCUT2D eigenvalue weighted by atomic mass is 16.3. The lowest BCUT2D eigenvalue weighted by atomic mass is 10.2. The molecule has 3 rings (SSSR count). The Hall–Kier alpha value is -2.23. The van der Waals surface area contributed by atoms with Crippen molar-refractivity contribution in [3.8, 4) is 0 Å². The Morgan fingerprint density at radius 1 is 1.15 bits per heavy atom. The minimum atomic E-state index is -0.207. The average molecular weight is 270 g/mol. The van der Waals surface area contributed by atoms with Crippen molar-refractivity contribution in [1.29, 1.82) is 0 Å². The lowest BCUT2D eigenvalue weighted by Crippen LogP contribution is -2.17. The molecule has 1 aromatic heterocycles. The van der Waals surface area contributed by atoms with Crippen LogP contribution in [0.5, 0.6) is 0 Å². The standard InChI is InChI=1S/C16H18N2O2/c1-12-8-11-20-15(12)16(19)17-13-4-6-14(7-5-13)18-9-2-3-10-18/h4-8,11H,2-3,9-10H2,1H3,(H,17,19). The summed E-state index contributed by atoms with van der Waals surface area (Å²) in [6.07, 6.45) is 4.05. The van der Waals surface area contributed by atoms with E-state index in [0.717, 1.165) is 24.3 Å². The van der Waals surface area contributed by atoms with E-state index in [2.05, 4.69) is 22.3 Å². The van der Waals surface area contributed by atoms with Gasteiger partial charge in [0.2, 0.25) is 0 Å². The Labute approximate surface area is 118 Å². The van der Waals surface area contributed by atoms with Crippen LogP contribution in [0.4, 0.5) is 11.4 Å². The molecule has 0 unspecified atom stereocenters. The van der Waals surface area contributed by atoms with Gasteiger partial charge in [-0.05, 0) is 50.1 Å². The first-order chi connectivity index (χ1) is 9.74. The molecule has 104 valence electrons. The number of nitrogens with zero attached hydrogens (tertiary/aromatic N) is 1. The van der Waals surface area contributed by atoms with E-state index in [1.165, 1.54) is 24.8 Å². The van der Waals surface area contributed by atoms with Gasteiger partial charge in [-0.25, -0.2) is 0 Å². The van der Waals surface area contributed by atoms with Crippen molar-refractivity contribution in [3.63, 3.8) is 0 Å². The fraction of sp³-hybridized carbons (Fsp3) is 0.312. The van der Waals surface area contributed by atoms with E-state index in [1.54, 1.807) is 6.07 Å². The molecule has 2 aromatic rings. The van der Waals surface area contributed by atoms with Crippen LogP contribution in [0.25, 0.3) is 0 Å². The van der Waals surface area contributed by atoms with Gasteiger partial charge in [0.05, 0.1) is 6.26 Å². The Balaban J connectivity index is 1.69. The van der Waals surface area contributed by atoms with Crippen LogP contribution in [0.2, 0.25) is 0 Å². The molecular formula is C16H18N2O2. The molecule has 20 heavy (non-hydrogen) atoms. The summed E-state index contributed by atoms with van der Waals surface area (Å²) in [6, 6.07) is 9.75. The van der Waals surface area contributed by atoms with Gasteiger partial charge >= 0.3 is 0 Å². The molecule has 0 saturated carbocycles. The zero-order valence-electron chi connectivity index (χ0n) is 11.6. The van der Waals surface area contributed by atoms with E-state index in [1.807, 2.05) is 19.1 Å². The maximum Gasteiger partial charge on any atom is 0.291 e. The smallest absolute Gasteiger partial charge is 0.291 e. The van der Waals surface area contributed by atoms with Crippen LogP contribution in [0.3, 0.4) is 0 Å². The predicted octanol–water partition coefficient (Wildman–Crippen LogP) is 3.44. The molecule has 1 amide bonds. The van der Waals surface area contributed by atoms with Crippen molar-refractivity contribution in [2.75, 3.05) is 23.3 Å². The van der Waals surface area contributed by atoms with Crippen molar-refractivity contribution in [2.45, 2.75) is 19.8 Å². The monoisotopic (exact) mass is 270 g/mol. The molecule has 0 atom stereocenters. The van der Waals surface area contributed by atoms with Crippen LogP contribution in [-0.2, 0) is 0 Å². The Morgan fingerprint density at radius 3 is 2.45 bits per heavy atom. The minimum Gasteiger partial charge on any atom is -0.459 e. The van der Waals surface area contributed by atoms with Crippen LogP contribution in [-0.4, -0.2) is 19.0 Å². The summed E-state index contributed by atoms with van der Waals surface area (Å²) in [4.78, 5) is 14.4. The number of carbonyl (C=O) groups is 1. The topological polar surface area (TPSA) is 45.5 Å². The molecular weight excluding hydrogens is 252 g/mol. The number of benzene rings is 1. The molecule has 4 nitrogen and oxygen atoms in total. The van der Waals surface area contributed by atoms with Gasteiger partial charge in [-0.15, -0.1) is 0 Å². The van der Waals surface area contributed by atoms with Gasteiger partial charge in [-0.2, -0.15) is 0 Å². The third-order valence-electron chi connectivity index (χ3n) is 3.66. The molecule has 1 N–H and O–H groups in total. The first-order valence-corrected chi connectivity index (χ1v) is 6.94. The number of amides is 1. The van der Waals surface area contributed by atoms with E-state index < -0.39 is 0 Å². The SMILES string of the molecule is Cc1ccoc1C(=O)Nc1ccc(N2CCCC2)cc1. The quantitative estimate of drug-likeness (QED) is 0.929. The highest BCUT2D eigenvalue weighted by Gasteiger charge is 2.14. The molecule has 0 spiro atoms. The molecule has 1 aromatic carbocycles. The summed E-state index contributed by atoms with van der Waals surface area (Å²) in [5, 5.41) is 2.85. The van der Waals surface area contributed by atoms with E-state index in [4.69, 9.17) is 4.42 Å². The normalized spacial score (nSPS) is 14.6. The molecule has 0 radical (unpaired) electrons. The van der Waals surface area contributed by atoms with Gasteiger partial charge in [-0.1, -0.05) is 0 Å². The molecule has 2 heterocycles. The van der Waals surface area contributed by atoms with E-state index in [9.17, 15) is 4.79 Å². The highest BCUT2D eigenvalue weighted by Crippen LogP contribution is 2.22. The summed E-state index contributed by atoms with van der Waals surface area (Å²) in [6.45, 7) is 4.10.